The summed E-state index contributed by atoms with van der Waals surface area (Å²) in [6.45, 7) is 4.22. The van der Waals surface area contributed by atoms with E-state index in [0.717, 1.165) is 11.1 Å². The van der Waals surface area contributed by atoms with Crippen molar-refractivity contribution in [3.05, 3.63) is 65.2 Å². The molecule has 0 spiro atoms. The Labute approximate surface area is 119 Å². The number of rotatable bonds is 4. The molecule has 3 heteroatoms. The van der Waals surface area contributed by atoms with Crippen molar-refractivity contribution in [2.24, 2.45) is 5.73 Å². The fourth-order valence-electron chi connectivity index (χ4n) is 2.41. The summed E-state index contributed by atoms with van der Waals surface area (Å²) in [6, 6.07) is 14.6. The molecule has 20 heavy (non-hydrogen) atoms. The molecular formula is C17H19NO2. The second-order valence-electron chi connectivity index (χ2n) is 5.63. The minimum atomic E-state index is -0.401. The number of primary amides is 1. The van der Waals surface area contributed by atoms with Crippen molar-refractivity contribution in [1.82, 2.24) is 0 Å². The first-order valence-electron chi connectivity index (χ1n) is 6.57. The van der Waals surface area contributed by atoms with Crippen LogP contribution in [0.15, 0.2) is 48.5 Å². The molecule has 3 nitrogen and oxygen atoms in total. The van der Waals surface area contributed by atoms with Gasteiger partial charge in [0.05, 0.1) is 0 Å². The number of carbonyl (C=O) groups excluding carboxylic acids is 1. The van der Waals surface area contributed by atoms with E-state index < -0.39 is 5.91 Å². The number of phenols is 1. The van der Waals surface area contributed by atoms with Crippen LogP contribution in [0.2, 0.25) is 0 Å². The number of carbonyl (C=O) groups is 1. The highest BCUT2D eigenvalue weighted by Crippen LogP contribution is 2.29. The second-order valence-corrected chi connectivity index (χ2v) is 5.63. The van der Waals surface area contributed by atoms with E-state index in [9.17, 15) is 9.90 Å². The molecule has 0 saturated heterocycles. The summed E-state index contributed by atoms with van der Waals surface area (Å²) >= 11 is 0. The molecule has 104 valence electrons. The van der Waals surface area contributed by atoms with Crippen molar-refractivity contribution in [3.63, 3.8) is 0 Å². The maximum atomic E-state index is 11.5. The largest absolute Gasteiger partial charge is 0.508 e. The van der Waals surface area contributed by atoms with Gasteiger partial charge in [0.2, 0.25) is 5.91 Å². The van der Waals surface area contributed by atoms with Crippen LogP contribution in [0.3, 0.4) is 0 Å². The Morgan fingerprint density at radius 2 is 1.70 bits per heavy atom. The zero-order valence-corrected chi connectivity index (χ0v) is 11.8. The summed E-state index contributed by atoms with van der Waals surface area (Å²) in [4.78, 5) is 11.5. The van der Waals surface area contributed by atoms with Crippen molar-refractivity contribution < 1.29 is 9.90 Å². The van der Waals surface area contributed by atoms with Crippen molar-refractivity contribution in [2.75, 3.05) is 0 Å². The minimum absolute atomic E-state index is 0.154. The topological polar surface area (TPSA) is 63.3 Å². The number of amides is 1. The van der Waals surface area contributed by atoms with Gasteiger partial charge in [-0.25, -0.2) is 0 Å². The Balaban J connectivity index is 2.33. The van der Waals surface area contributed by atoms with E-state index in [-0.39, 0.29) is 11.2 Å². The predicted molar refractivity (Wildman–Crippen MR) is 79.8 cm³/mol. The van der Waals surface area contributed by atoms with Gasteiger partial charge < -0.3 is 10.8 Å². The molecule has 0 aromatic heterocycles. The Kier molecular flexibility index (Phi) is 3.79. The van der Waals surface area contributed by atoms with E-state index in [2.05, 4.69) is 13.8 Å². The van der Waals surface area contributed by atoms with Gasteiger partial charge >= 0.3 is 0 Å². The normalized spacial score (nSPS) is 11.3. The first-order valence-corrected chi connectivity index (χ1v) is 6.57. The molecule has 0 aliphatic carbocycles. The maximum absolute atomic E-state index is 11.5. The van der Waals surface area contributed by atoms with Gasteiger partial charge in [0.1, 0.15) is 5.75 Å². The van der Waals surface area contributed by atoms with Gasteiger partial charge in [0, 0.05) is 5.56 Å². The molecule has 3 N–H and O–H groups in total. The summed E-state index contributed by atoms with van der Waals surface area (Å²) < 4.78 is 0. The standard InChI is InChI=1S/C17H19NO2/c1-17(2,13-7-9-14(19)10-8-13)11-12-5-3-4-6-15(12)16(18)20/h3-10,19H,11H2,1-2H3,(H2,18,20). The third kappa shape index (κ3) is 2.99. The lowest BCUT2D eigenvalue weighted by Crippen LogP contribution is -2.23. The third-order valence-corrected chi connectivity index (χ3v) is 3.56. The van der Waals surface area contributed by atoms with Gasteiger partial charge in [-0.15, -0.1) is 0 Å². The fraction of sp³-hybridized carbons (Fsp3) is 0.235. The Morgan fingerprint density at radius 3 is 2.30 bits per heavy atom. The number of nitrogens with two attached hydrogens (primary N) is 1. The first kappa shape index (κ1) is 14.1. The van der Waals surface area contributed by atoms with Gasteiger partial charge in [-0.2, -0.15) is 0 Å². The Bertz CT molecular complexity index is 615. The number of hydrogen-bond acceptors (Lipinski definition) is 2. The lowest BCUT2D eigenvalue weighted by molar-refractivity contribution is 0.0999. The highest BCUT2D eigenvalue weighted by molar-refractivity contribution is 5.94. The fourth-order valence-corrected chi connectivity index (χ4v) is 2.41. The molecule has 0 unspecified atom stereocenters. The van der Waals surface area contributed by atoms with Gasteiger partial charge in [0.25, 0.3) is 0 Å². The van der Waals surface area contributed by atoms with Crippen LogP contribution in [0, 0.1) is 0 Å². The first-order chi connectivity index (χ1) is 9.40. The molecule has 0 aliphatic heterocycles. The molecule has 2 aromatic carbocycles. The van der Waals surface area contributed by atoms with Gasteiger partial charge in [-0.05, 0) is 41.2 Å². The van der Waals surface area contributed by atoms with Crippen LogP contribution in [0.1, 0.15) is 35.3 Å². The monoisotopic (exact) mass is 269 g/mol. The summed E-state index contributed by atoms with van der Waals surface area (Å²) in [5, 5.41) is 9.37. The molecule has 0 radical (unpaired) electrons. The SMILES string of the molecule is CC(C)(Cc1ccccc1C(N)=O)c1ccc(O)cc1. The lowest BCUT2D eigenvalue weighted by Gasteiger charge is -2.26. The summed E-state index contributed by atoms with van der Waals surface area (Å²) in [6.07, 6.45) is 0.705. The highest BCUT2D eigenvalue weighted by Gasteiger charge is 2.23. The molecule has 2 rings (SSSR count). The highest BCUT2D eigenvalue weighted by atomic mass is 16.3. The molecule has 0 aliphatic rings. The van der Waals surface area contributed by atoms with Crippen LogP contribution in [-0.2, 0) is 11.8 Å². The molecule has 2 aromatic rings. The molecule has 0 bridgehead atoms. The quantitative estimate of drug-likeness (QED) is 0.896. The van der Waals surface area contributed by atoms with Crippen LogP contribution in [-0.4, -0.2) is 11.0 Å². The van der Waals surface area contributed by atoms with Crippen LogP contribution in [0.4, 0.5) is 0 Å². The smallest absolute Gasteiger partial charge is 0.248 e. The van der Waals surface area contributed by atoms with E-state index in [0.29, 0.717) is 12.0 Å². The van der Waals surface area contributed by atoms with Crippen molar-refractivity contribution in [3.8, 4) is 5.75 Å². The summed E-state index contributed by atoms with van der Waals surface area (Å²) in [5.74, 6) is -0.149. The Hall–Kier alpha value is -2.29. The van der Waals surface area contributed by atoms with E-state index in [1.165, 1.54) is 0 Å². The molecule has 0 atom stereocenters. The van der Waals surface area contributed by atoms with E-state index in [1.54, 1.807) is 18.2 Å². The van der Waals surface area contributed by atoms with Crippen molar-refractivity contribution in [1.29, 1.82) is 0 Å². The van der Waals surface area contributed by atoms with E-state index in [1.807, 2.05) is 30.3 Å². The van der Waals surface area contributed by atoms with Crippen molar-refractivity contribution >= 4 is 5.91 Å². The predicted octanol–water partition coefficient (Wildman–Crippen LogP) is 3.01. The second kappa shape index (κ2) is 5.37. The summed E-state index contributed by atoms with van der Waals surface area (Å²) in [5.41, 5.74) is 7.88. The maximum Gasteiger partial charge on any atom is 0.248 e. The zero-order valence-electron chi connectivity index (χ0n) is 11.8. The average Bonchev–Trinajstić information content (AvgIpc) is 2.39. The Morgan fingerprint density at radius 1 is 1.10 bits per heavy atom. The van der Waals surface area contributed by atoms with E-state index in [4.69, 9.17) is 5.73 Å². The number of hydrogen-bond donors (Lipinski definition) is 2. The molecule has 0 heterocycles. The van der Waals surface area contributed by atoms with Gasteiger partial charge in [-0.3, -0.25) is 4.79 Å². The number of aromatic hydroxyl groups is 1. The number of phenolic OH excluding ortho intramolecular Hbond substituents is 1. The summed E-state index contributed by atoms with van der Waals surface area (Å²) in [7, 11) is 0. The minimum Gasteiger partial charge on any atom is -0.508 e. The van der Waals surface area contributed by atoms with Crippen LogP contribution < -0.4 is 5.73 Å². The van der Waals surface area contributed by atoms with E-state index >= 15 is 0 Å². The van der Waals surface area contributed by atoms with Gasteiger partial charge in [0.15, 0.2) is 0 Å². The molecular weight excluding hydrogens is 250 g/mol. The van der Waals surface area contributed by atoms with Crippen molar-refractivity contribution in [2.45, 2.75) is 25.7 Å². The van der Waals surface area contributed by atoms with Crippen LogP contribution in [0.25, 0.3) is 0 Å². The van der Waals surface area contributed by atoms with Crippen LogP contribution >= 0.6 is 0 Å². The molecule has 0 fully saturated rings. The van der Waals surface area contributed by atoms with Crippen LogP contribution in [0.5, 0.6) is 5.75 Å². The molecule has 1 amide bonds. The third-order valence-electron chi connectivity index (χ3n) is 3.56. The van der Waals surface area contributed by atoms with Gasteiger partial charge in [-0.1, -0.05) is 44.2 Å². The zero-order chi connectivity index (χ0) is 14.8. The number of benzene rings is 2. The molecule has 0 saturated carbocycles. The average molecular weight is 269 g/mol. The lowest BCUT2D eigenvalue weighted by atomic mass is 9.78.